The van der Waals surface area contributed by atoms with Gasteiger partial charge in [0.05, 0.1) is 11.4 Å². The Bertz CT molecular complexity index is 645. The molecule has 0 unspecified atom stereocenters. The smallest absolute Gasteiger partial charge is 0.241 e. The molecular weight excluding hydrogens is 304 g/mol. The summed E-state index contributed by atoms with van der Waals surface area (Å²) >= 11 is 0. The molecule has 1 aromatic rings. The predicted octanol–water partition coefficient (Wildman–Crippen LogP) is 0.350. The highest BCUT2D eigenvalue weighted by Gasteiger charge is 2.24. The first kappa shape index (κ1) is 17.0. The number of hydrogen-bond acceptors (Lipinski definition) is 4. The van der Waals surface area contributed by atoms with Crippen molar-refractivity contribution in [3.63, 3.8) is 0 Å². The van der Waals surface area contributed by atoms with Gasteiger partial charge in [-0.05, 0) is 39.2 Å². The van der Waals surface area contributed by atoms with Crippen molar-refractivity contribution in [3.8, 4) is 0 Å². The number of aromatic nitrogens is 2. The molecule has 1 N–H and O–H groups in total. The average molecular weight is 328 g/mol. The summed E-state index contributed by atoms with van der Waals surface area (Å²) < 4.78 is 27.2. The topological polar surface area (TPSA) is 84.3 Å². The van der Waals surface area contributed by atoms with Crippen molar-refractivity contribution in [1.29, 1.82) is 0 Å². The number of sulfonamides is 1. The molecule has 2 rings (SSSR count). The SMILES string of the molecule is Cc1nn(CC(=O)NCCS(=O)(=O)N2CCCC2)c(C)c1C. The summed E-state index contributed by atoms with van der Waals surface area (Å²) in [7, 11) is -3.24. The normalized spacial score (nSPS) is 16.1. The van der Waals surface area contributed by atoms with Crippen LogP contribution in [0.25, 0.3) is 0 Å². The van der Waals surface area contributed by atoms with Crippen LogP contribution < -0.4 is 5.32 Å². The van der Waals surface area contributed by atoms with E-state index in [-0.39, 0.29) is 24.7 Å². The number of rotatable bonds is 6. The second kappa shape index (κ2) is 6.78. The minimum absolute atomic E-state index is 0.0467. The molecule has 2 heterocycles. The second-order valence-electron chi connectivity index (χ2n) is 5.73. The number of nitrogens with one attached hydrogen (secondary N) is 1. The highest BCUT2D eigenvalue weighted by atomic mass is 32.2. The van der Waals surface area contributed by atoms with E-state index < -0.39 is 10.0 Å². The van der Waals surface area contributed by atoms with Gasteiger partial charge in [-0.1, -0.05) is 0 Å². The maximum atomic E-state index is 12.0. The molecule has 1 fully saturated rings. The van der Waals surface area contributed by atoms with Crippen LogP contribution in [0.5, 0.6) is 0 Å². The van der Waals surface area contributed by atoms with Crippen LogP contribution in [0.1, 0.15) is 29.8 Å². The molecule has 0 atom stereocenters. The van der Waals surface area contributed by atoms with Gasteiger partial charge in [-0.15, -0.1) is 0 Å². The van der Waals surface area contributed by atoms with Crippen molar-refractivity contribution >= 4 is 15.9 Å². The first-order valence-corrected chi connectivity index (χ1v) is 9.17. The van der Waals surface area contributed by atoms with Gasteiger partial charge in [-0.25, -0.2) is 12.7 Å². The zero-order valence-electron chi connectivity index (χ0n) is 13.4. The minimum atomic E-state index is -3.24. The highest BCUT2D eigenvalue weighted by Crippen LogP contribution is 2.13. The standard InChI is InChI=1S/C14H24N4O3S/c1-11-12(2)16-18(13(11)3)10-14(19)15-6-9-22(20,21)17-7-4-5-8-17/h4-10H2,1-3H3,(H,15,19). The van der Waals surface area contributed by atoms with Crippen molar-refractivity contribution < 1.29 is 13.2 Å². The lowest BCUT2D eigenvalue weighted by Crippen LogP contribution is -2.37. The molecule has 1 aliphatic rings. The van der Waals surface area contributed by atoms with Crippen molar-refractivity contribution in [1.82, 2.24) is 19.4 Å². The third-order valence-corrected chi connectivity index (χ3v) is 6.05. The minimum Gasteiger partial charge on any atom is -0.353 e. The lowest BCUT2D eigenvalue weighted by Gasteiger charge is -2.15. The molecule has 1 amide bonds. The fourth-order valence-corrected chi connectivity index (χ4v) is 3.98. The number of amides is 1. The molecule has 124 valence electrons. The Morgan fingerprint density at radius 2 is 1.86 bits per heavy atom. The van der Waals surface area contributed by atoms with Gasteiger partial charge in [-0.3, -0.25) is 9.48 Å². The number of nitrogens with zero attached hydrogens (tertiary/aromatic N) is 3. The van der Waals surface area contributed by atoms with Crippen LogP contribution in [0.4, 0.5) is 0 Å². The average Bonchev–Trinajstić information content (AvgIpc) is 3.05. The quantitative estimate of drug-likeness (QED) is 0.817. The highest BCUT2D eigenvalue weighted by molar-refractivity contribution is 7.89. The van der Waals surface area contributed by atoms with E-state index in [2.05, 4.69) is 10.4 Å². The lowest BCUT2D eigenvalue weighted by atomic mass is 10.2. The van der Waals surface area contributed by atoms with Crippen molar-refractivity contribution in [2.45, 2.75) is 40.2 Å². The van der Waals surface area contributed by atoms with E-state index in [1.807, 2.05) is 20.8 Å². The van der Waals surface area contributed by atoms with Crippen LogP contribution in [0.15, 0.2) is 0 Å². The third-order valence-electron chi connectivity index (χ3n) is 4.18. The van der Waals surface area contributed by atoms with Gasteiger partial charge < -0.3 is 5.32 Å². The Kier molecular flexibility index (Phi) is 5.23. The van der Waals surface area contributed by atoms with Crippen LogP contribution in [0.2, 0.25) is 0 Å². The van der Waals surface area contributed by atoms with Crippen LogP contribution in [-0.4, -0.2) is 53.8 Å². The van der Waals surface area contributed by atoms with Gasteiger partial charge in [0.1, 0.15) is 6.54 Å². The largest absolute Gasteiger partial charge is 0.353 e. The van der Waals surface area contributed by atoms with Crippen LogP contribution >= 0.6 is 0 Å². The molecule has 0 spiro atoms. The Hall–Kier alpha value is -1.41. The molecule has 0 radical (unpaired) electrons. The number of hydrogen-bond donors (Lipinski definition) is 1. The van der Waals surface area contributed by atoms with Gasteiger partial charge in [0.2, 0.25) is 15.9 Å². The fourth-order valence-electron chi connectivity index (χ4n) is 2.55. The molecule has 1 saturated heterocycles. The van der Waals surface area contributed by atoms with Crippen LogP contribution in [0.3, 0.4) is 0 Å². The van der Waals surface area contributed by atoms with E-state index in [0.717, 1.165) is 29.8 Å². The Balaban J connectivity index is 1.81. The van der Waals surface area contributed by atoms with Crippen molar-refractivity contribution in [3.05, 3.63) is 17.0 Å². The van der Waals surface area contributed by atoms with E-state index in [9.17, 15) is 13.2 Å². The molecular formula is C14H24N4O3S. The van der Waals surface area contributed by atoms with Gasteiger partial charge in [0.15, 0.2) is 0 Å². The molecule has 0 aromatic carbocycles. The van der Waals surface area contributed by atoms with E-state index in [0.29, 0.717) is 13.1 Å². The first-order valence-electron chi connectivity index (χ1n) is 7.56. The zero-order chi connectivity index (χ0) is 16.3. The lowest BCUT2D eigenvalue weighted by molar-refractivity contribution is -0.121. The van der Waals surface area contributed by atoms with Crippen molar-refractivity contribution in [2.24, 2.45) is 0 Å². The van der Waals surface area contributed by atoms with E-state index in [4.69, 9.17) is 0 Å². The summed E-state index contributed by atoms with van der Waals surface area (Å²) in [5, 5.41) is 6.96. The molecule has 1 aliphatic heterocycles. The molecule has 22 heavy (non-hydrogen) atoms. The first-order chi connectivity index (χ1) is 10.3. The van der Waals surface area contributed by atoms with Gasteiger partial charge in [0, 0.05) is 25.3 Å². The molecule has 0 bridgehead atoms. The van der Waals surface area contributed by atoms with Crippen molar-refractivity contribution in [2.75, 3.05) is 25.4 Å². The summed E-state index contributed by atoms with van der Waals surface area (Å²) in [6.45, 7) is 7.23. The number of carbonyl (C=O) groups is 1. The third kappa shape index (κ3) is 3.86. The van der Waals surface area contributed by atoms with Crippen LogP contribution in [-0.2, 0) is 21.4 Å². The van der Waals surface area contributed by atoms with Gasteiger partial charge >= 0.3 is 0 Å². The van der Waals surface area contributed by atoms with Gasteiger partial charge in [0.25, 0.3) is 0 Å². The van der Waals surface area contributed by atoms with E-state index >= 15 is 0 Å². The molecule has 0 aliphatic carbocycles. The molecule has 7 nitrogen and oxygen atoms in total. The maximum absolute atomic E-state index is 12.0. The Labute approximate surface area is 131 Å². The van der Waals surface area contributed by atoms with Crippen LogP contribution in [0, 0.1) is 20.8 Å². The predicted molar refractivity (Wildman–Crippen MR) is 84.0 cm³/mol. The van der Waals surface area contributed by atoms with Gasteiger partial charge in [-0.2, -0.15) is 5.10 Å². The molecule has 1 aromatic heterocycles. The summed E-state index contributed by atoms with van der Waals surface area (Å²) in [6, 6.07) is 0. The molecule has 8 heteroatoms. The monoisotopic (exact) mass is 328 g/mol. The summed E-state index contributed by atoms with van der Waals surface area (Å²) in [5.74, 6) is -0.267. The Morgan fingerprint density at radius 1 is 1.23 bits per heavy atom. The zero-order valence-corrected chi connectivity index (χ0v) is 14.2. The number of carbonyl (C=O) groups excluding carboxylic acids is 1. The molecule has 0 saturated carbocycles. The van der Waals surface area contributed by atoms with E-state index in [1.165, 1.54) is 4.31 Å². The maximum Gasteiger partial charge on any atom is 0.241 e. The Morgan fingerprint density at radius 3 is 2.41 bits per heavy atom. The summed E-state index contributed by atoms with van der Waals surface area (Å²) in [5.41, 5.74) is 2.93. The van der Waals surface area contributed by atoms with E-state index in [1.54, 1.807) is 4.68 Å². The second-order valence-corrected chi connectivity index (χ2v) is 7.81. The fraction of sp³-hybridized carbons (Fsp3) is 0.714. The summed E-state index contributed by atoms with van der Waals surface area (Å²) in [4.78, 5) is 11.9. The summed E-state index contributed by atoms with van der Waals surface area (Å²) in [6.07, 6.45) is 1.84. The number of aryl methyl sites for hydroxylation is 1.